The summed E-state index contributed by atoms with van der Waals surface area (Å²) < 4.78 is 2.29. The highest BCUT2D eigenvalue weighted by atomic mass is 79.9. The third kappa shape index (κ3) is 5.52. The summed E-state index contributed by atoms with van der Waals surface area (Å²) in [5, 5.41) is 11.6. The molecule has 0 aliphatic heterocycles. The van der Waals surface area contributed by atoms with Crippen molar-refractivity contribution in [1.29, 1.82) is 0 Å². The van der Waals surface area contributed by atoms with Crippen LogP contribution in [0.3, 0.4) is 0 Å². The lowest BCUT2D eigenvalue weighted by Crippen LogP contribution is -2.27. The minimum absolute atomic E-state index is 0.0556. The van der Waals surface area contributed by atoms with E-state index in [-0.39, 0.29) is 11.7 Å². The standard InChI is InChI=1S/C19H20BrN5OS2/c1-13-6-8-14(9-7-13)27-11-10-22-17(26)12-28-19-24-23-18(25(19)21)15-4-2-3-5-16(15)20/h2-9H,10-12,21H2,1H3,(H,22,26). The number of benzene rings is 2. The smallest absolute Gasteiger partial charge is 0.230 e. The maximum Gasteiger partial charge on any atom is 0.230 e. The number of aryl methyl sites for hydroxylation is 1. The molecule has 2 aromatic carbocycles. The molecule has 1 aromatic heterocycles. The molecule has 0 atom stereocenters. The van der Waals surface area contributed by atoms with E-state index >= 15 is 0 Å². The van der Waals surface area contributed by atoms with Gasteiger partial charge in [0, 0.05) is 27.2 Å². The van der Waals surface area contributed by atoms with Crippen LogP contribution in [0, 0.1) is 6.92 Å². The van der Waals surface area contributed by atoms with Crippen LogP contribution in [0.4, 0.5) is 0 Å². The summed E-state index contributed by atoms with van der Waals surface area (Å²) in [7, 11) is 0. The van der Waals surface area contributed by atoms with Gasteiger partial charge in [0.25, 0.3) is 0 Å². The molecule has 0 fully saturated rings. The number of carbonyl (C=O) groups excluding carboxylic acids is 1. The van der Waals surface area contributed by atoms with Crippen molar-refractivity contribution in [3.63, 3.8) is 0 Å². The number of nitrogens with one attached hydrogen (secondary N) is 1. The highest BCUT2D eigenvalue weighted by Crippen LogP contribution is 2.27. The second kappa shape index (κ2) is 9.99. The Bertz CT molecular complexity index is 946. The van der Waals surface area contributed by atoms with Crippen molar-refractivity contribution >= 4 is 45.4 Å². The van der Waals surface area contributed by atoms with Gasteiger partial charge in [0.15, 0.2) is 5.82 Å². The van der Waals surface area contributed by atoms with Crippen LogP contribution >= 0.6 is 39.5 Å². The molecule has 0 saturated carbocycles. The number of amides is 1. The number of halogens is 1. The Labute approximate surface area is 180 Å². The van der Waals surface area contributed by atoms with Gasteiger partial charge in [0.1, 0.15) is 0 Å². The Balaban J connectivity index is 1.45. The van der Waals surface area contributed by atoms with Crippen molar-refractivity contribution in [3.8, 4) is 11.4 Å². The molecule has 3 N–H and O–H groups in total. The Morgan fingerprint density at radius 2 is 1.89 bits per heavy atom. The fraction of sp³-hybridized carbons (Fsp3) is 0.211. The predicted octanol–water partition coefficient (Wildman–Crippen LogP) is 3.73. The third-order valence-corrected chi connectivity index (χ3v) is 6.47. The number of nitrogens with zero attached hydrogens (tertiary/aromatic N) is 3. The van der Waals surface area contributed by atoms with E-state index in [4.69, 9.17) is 5.84 Å². The first kappa shape index (κ1) is 20.8. The first-order valence-corrected chi connectivity index (χ1v) is 11.4. The Hall–Kier alpha value is -1.97. The zero-order chi connectivity index (χ0) is 19.9. The minimum Gasteiger partial charge on any atom is -0.355 e. The van der Waals surface area contributed by atoms with Gasteiger partial charge in [-0.1, -0.05) is 57.5 Å². The molecule has 1 amide bonds. The van der Waals surface area contributed by atoms with Gasteiger partial charge in [-0.2, -0.15) is 0 Å². The van der Waals surface area contributed by atoms with Crippen LogP contribution in [0.5, 0.6) is 0 Å². The summed E-state index contributed by atoms with van der Waals surface area (Å²) in [6, 6.07) is 16.0. The summed E-state index contributed by atoms with van der Waals surface area (Å²) >= 11 is 6.47. The predicted molar refractivity (Wildman–Crippen MR) is 119 cm³/mol. The summed E-state index contributed by atoms with van der Waals surface area (Å²) in [6.07, 6.45) is 0. The van der Waals surface area contributed by atoms with Gasteiger partial charge in [-0.3, -0.25) is 4.79 Å². The summed E-state index contributed by atoms with van der Waals surface area (Å²) in [4.78, 5) is 13.3. The lowest BCUT2D eigenvalue weighted by atomic mass is 10.2. The minimum atomic E-state index is -0.0556. The Morgan fingerprint density at radius 3 is 2.64 bits per heavy atom. The topological polar surface area (TPSA) is 85.8 Å². The van der Waals surface area contributed by atoms with Crippen LogP contribution in [0.1, 0.15) is 5.56 Å². The van der Waals surface area contributed by atoms with Crippen LogP contribution < -0.4 is 11.2 Å². The molecule has 6 nitrogen and oxygen atoms in total. The molecule has 0 radical (unpaired) electrons. The quantitative estimate of drug-likeness (QED) is 0.292. The van der Waals surface area contributed by atoms with Crippen LogP contribution in [-0.4, -0.2) is 38.8 Å². The average Bonchev–Trinajstić information content (AvgIpc) is 3.06. The van der Waals surface area contributed by atoms with Crippen molar-refractivity contribution in [3.05, 3.63) is 58.6 Å². The average molecular weight is 478 g/mol. The molecular formula is C19H20BrN5OS2. The normalized spacial score (nSPS) is 10.8. The number of nitrogens with two attached hydrogens (primary N) is 1. The van der Waals surface area contributed by atoms with Crippen molar-refractivity contribution < 1.29 is 4.79 Å². The molecule has 0 aliphatic rings. The van der Waals surface area contributed by atoms with Gasteiger partial charge in [-0.25, -0.2) is 4.68 Å². The number of aromatic nitrogens is 3. The highest BCUT2D eigenvalue weighted by Gasteiger charge is 2.15. The van der Waals surface area contributed by atoms with E-state index in [1.807, 2.05) is 24.3 Å². The van der Waals surface area contributed by atoms with Crippen molar-refractivity contribution in [2.75, 3.05) is 23.9 Å². The maximum absolute atomic E-state index is 12.1. The largest absolute Gasteiger partial charge is 0.355 e. The number of carbonyl (C=O) groups is 1. The first-order chi connectivity index (χ1) is 13.5. The van der Waals surface area contributed by atoms with E-state index in [1.165, 1.54) is 26.9 Å². The van der Waals surface area contributed by atoms with Crippen molar-refractivity contribution in [2.45, 2.75) is 17.0 Å². The third-order valence-electron chi connectivity index (χ3n) is 3.83. The maximum atomic E-state index is 12.1. The van der Waals surface area contributed by atoms with E-state index in [2.05, 4.69) is 62.6 Å². The van der Waals surface area contributed by atoms with E-state index < -0.39 is 0 Å². The van der Waals surface area contributed by atoms with Crippen LogP contribution in [-0.2, 0) is 4.79 Å². The first-order valence-electron chi connectivity index (χ1n) is 8.59. The zero-order valence-electron chi connectivity index (χ0n) is 15.3. The van der Waals surface area contributed by atoms with E-state index in [9.17, 15) is 4.79 Å². The van der Waals surface area contributed by atoms with Gasteiger partial charge in [-0.05, 0) is 31.2 Å². The summed E-state index contributed by atoms with van der Waals surface area (Å²) in [6.45, 7) is 2.67. The van der Waals surface area contributed by atoms with E-state index in [1.54, 1.807) is 11.8 Å². The molecule has 9 heteroatoms. The lowest BCUT2D eigenvalue weighted by Gasteiger charge is -2.06. The molecule has 0 unspecified atom stereocenters. The fourth-order valence-electron chi connectivity index (χ4n) is 2.38. The van der Waals surface area contributed by atoms with Gasteiger partial charge in [0.05, 0.1) is 5.75 Å². The van der Waals surface area contributed by atoms with Crippen LogP contribution in [0.15, 0.2) is 63.1 Å². The van der Waals surface area contributed by atoms with Crippen molar-refractivity contribution in [2.24, 2.45) is 0 Å². The molecule has 0 aliphatic carbocycles. The second-order valence-corrected chi connectivity index (χ2v) is 8.92. The molecule has 1 heterocycles. The van der Waals surface area contributed by atoms with Gasteiger partial charge < -0.3 is 11.2 Å². The number of nitrogen functional groups attached to an aromatic ring is 1. The Kier molecular flexibility index (Phi) is 7.41. The summed E-state index contributed by atoms with van der Waals surface area (Å²) in [5.41, 5.74) is 2.09. The molecule has 0 bridgehead atoms. The number of thioether (sulfide) groups is 2. The molecule has 28 heavy (non-hydrogen) atoms. The van der Waals surface area contributed by atoms with E-state index in [0.717, 1.165) is 15.8 Å². The monoisotopic (exact) mass is 477 g/mol. The van der Waals surface area contributed by atoms with Gasteiger partial charge in [-0.15, -0.1) is 22.0 Å². The number of rotatable bonds is 8. The zero-order valence-corrected chi connectivity index (χ0v) is 18.5. The van der Waals surface area contributed by atoms with E-state index in [0.29, 0.717) is 17.5 Å². The van der Waals surface area contributed by atoms with Crippen LogP contribution in [0.25, 0.3) is 11.4 Å². The Morgan fingerprint density at radius 1 is 1.14 bits per heavy atom. The summed E-state index contributed by atoms with van der Waals surface area (Å²) in [5.74, 6) is 7.65. The van der Waals surface area contributed by atoms with Crippen LogP contribution in [0.2, 0.25) is 0 Å². The van der Waals surface area contributed by atoms with Gasteiger partial charge in [0.2, 0.25) is 11.1 Å². The molecule has 3 rings (SSSR count). The number of hydrogen-bond donors (Lipinski definition) is 2. The molecule has 0 spiro atoms. The second-order valence-electron chi connectivity index (χ2n) is 5.96. The molecule has 146 valence electrons. The fourth-order valence-corrected chi connectivity index (χ4v) is 4.29. The SMILES string of the molecule is Cc1ccc(SCCNC(=O)CSc2nnc(-c3ccccc3Br)n2N)cc1. The van der Waals surface area contributed by atoms with Crippen molar-refractivity contribution in [1.82, 2.24) is 20.2 Å². The van der Waals surface area contributed by atoms with Gasteiger partial charge >= 0.3 is 0 Å². The molecule has 0 saturated heterocycles. The molecule has 3 aromatic rings. The number of hydrogen-bond acceptors (Lipinski definition) is 6. The lowest BCUT2D eigenvalue weighted by molar-refractivity contribution is -0.118. The molecular weight excluding hydrogens is 458 g/mol. The highest BCUT2D eigenvalue weighted by molar-refractivity contribution is 9.10.